The second-order valence-corrected chi connectivity index (χ2v) is 5.02. The van der Waals surface area contributed by atoms with E-state index in [-0.39, 0.29) is 5.56 Å². The fourth-order valence-electron chi connectivity index (χ4n) is 1.03. The van der Waals surface area contributed by atoms with Crippen LogP contribution >= 0.6 is 11.8 Å². The Morgan fingerprint density at radius 3 is 2.38 bits per heavy atom. The van der Waals surface area contributed by atoms with E-state index in [9.17, 15) is 9.90 Å². The lowest BCUT2D eigenvalue weighted by Gasteiger charge is -2.20. The maximum absolute atomic E-state index is 10.6. The lowest BCUT2D eigenvalue weighted by atomic mass is 10.1. The van der Waals surface area contributed by atoms with Gasteiger partial charge >= 0.3 is 5.97 Å². The van der Waals surface area contributed by atoms with Crippen LogP contribution in [0.25, 0.3) is 0 Å². The van der Waals surface area contributed by atoms with Gasteiger partial charge in [0.2, 0.25) is 0 Å². The molecule has 1 aromatic carbocycles. The van der Waals surface area contributed by atoms with E-state index in [1.54, 1.807) is 31.2 Å². The molecule has 2 N–H and O–H groups in total. The Bertz CT molecular complexity index is 357. The Hall–Kier alpha value is -1.00. The van der Waals surface area contributed by atoms with Crippen LogP contribution in [0.4, 0.5) is 0 Å². The number of benzene rings is 1. The number of hydrogen-bond donors (Lipinski definition) is 2. The summed E-state index contributed by atoms with van der Waals surface area (Å²) in [4.78, 5) is 11.6. The molecule has 16 heavy (non-hydrogen) atoms. The normalized spacial score (nSPS) is 14.4. The second kappa shape index (κ2) is 5.37. The maximum Gasteiger partial charge on any atom is 0.335 e. The van der Waals surface area contributed by atoms with Gasteiger partial charge < -0.3 is 10.2 Å². The molecule has 1 aromatic rings. The Labute approximate surface area is 99.5 Å². The van der Waals surface area contributed by atoms with E-state index in [0.717, 1.165) is 4.90 Å². The van der Waals surface area contributed by atoms with Gasteiger partial charge in [-0.1, -0.05) is 6.92 Å². The summed E-state index contributed by atoms with van der Waals surface area (Å²) in [6.07, 6.45) is 0.702. The Morgan fingerprint density at radius 2 is 1.94 bits per heavy atom. The molecule has 88 valence electrons. The van der Waals surface area contributed by atoms with Gasteiger partial charge in [0.05, 0.1) is 11.2 Å². The van der Waals surface area contributed by atoms with Gasteiger partial charge in [0.25, 0.3) is 0 Å². The van der Waals surface area contributed by atoms with Crippen LogP contribution in [0.15, 0.2) is 29.2 Å². The van der Waals surface area contributed by atoms with E-state index in [1.165, 1.54) is 11.8 Å². The minimum absolute atomic E-state index is 0.284. The highest BCUT2D eigenvalue weighted by atomic mass is 32.2. The van der Waals surface area contributed by atoms with Crippen molar-refractivity contribution in [1.82, 2.24) is 0 Å². The van der Waals surface area contributed by atoms with Gasteiger partial charge in [-0.3, -0.25) is 0 Å². The first-order valence-corrected chi connectivity index (χ1v) is 6.12. The largest absolute Gasteiger partial charge is 0.478 e. The molecule has 1 atom stereocenters. The molecule has 0 aromatic heterocycles. The average molecular weight is 240 g/mol. The van der Waals surface area contributed by atoms with E-state index in [1.807, 2.05) is 6.92 Å². The van der Waals surface area contributed by atoms with Gasteiger partial charge in [-0.25, -0.2) is 4.79 Å². The third kappa shape index (κ3) is 3.87. The van der Waals surface area contributed by atoms with Crippen molar-refractivity contribution in [3.8, 4) is 0 Å². The van der Waals surface area contributed by atoms with Crippen LogP contribution in [-0.2, 0) is 0 Å². The van der Waals surface area contributed by atoms with E-state index in [2.05, 4.69) is 0 Å². The zero-order valence-electron chi connectivity index (χ0n) is 9.43. The van der Waals surface area contributed by atoms with Crippen LogP contribution in [0, 0.1) is 0 Å². The van der Waals surface area contributed by atoms with Gasteiger partial charge in [-0.2, -0.15) is 0 Å². The van der Waals surface area contributed by atoms with Gasteiger partial charge in [-0.05, 0) is 37.6 Å². The molecule has 0 aliphatic rings. The van der Waals surface area contributed by atoms with Gasteiger partial charge in [0.15, 0.2) is 0 Å². The van der Waals surface area contributed by atoms with Crippen LogP contribution in [0.2, 0.25) is 0 Å². The number of carboxylic acid groups (broad SMARTS) is 1. The highest BCUT2D eigenvalue weighted by Crippen LogP contribution is 2.24. The minimum atomic E-state index is -0.919. The van der Waals surface area contributed by atoms with E-state index >= 15 is 0 Å². The predicted molar refractivity (Wildman–Crippen MR) is 65.0 cm³/mol. The van der Waals surface area contributed by atoms with Gasteiger partial charge in [0.1, 0.15) is 0 Å². The molecule has 0 saturated heterocycles. The van der Waals surface area contributed by atoms with Crippen molar-refractivity contribution < 1.29 is 15.0 Å². The van der Waals surface area contributed by atoms with Gasteiger partial charge in [0, 0.05) is 10.6 Å². The molecule has 0 aliphatic heterocycles. The topological polar surface area (TPSA) is 57.5 Å². The number of aliphatic hydroxyl groups is 1. The molecular weight excluding hydrogens is 224 g/mol. The summed E-state index contributed by atoms with van der Waals surface area (Å²) in [5.74, 6) is -0.312. The molecule has 1 rings (SSSR count). The molecule has 0 heterocycles. The number of aromatic carboxylic acids is 1. The van der Waals surface area contributed by atoms with Crippen molar-refractivity contribution in [3.05, 3.63) is 29.8 Å². The van der Waals surface area contributed by atoms with Crippen molar-refractivity contribution in [2.75, 3.05) is 5.75 Å². The van der Waals surface area contributed by atoms with Crippen molar-refractivity contribution in [1.29, 1.82) is 0 Å². The summed E-state index contributed by atoms with van der Waals surface area (Å²) >= 11 is 1.53. The molecule has 0 amide bonds. The smallest absolute Gasteiger partial charge is 0.335 e. The molecule has 0 radical (unpaired) electrons. The lowest BCUT2D eigenvalue weighted by Crippen LogP contribution is -2.25. The molecule has 0 fully saturated rings. The van der Waals surface area contributed by atoms with Crippen molar-refractivity contribution in [3.63, 3.8) is 0 Å². The first kappa shape index (κ1) is 13.1. The molecule has 3 nitrogen and oxygen atoms in total. The average Bonchev–Trinajstić information content (AvgIpc) is 2.27. The van der Waals surface area contributed by atoms with Crippen LogP contribution in [0.3, 0.4) is 0 Å². The molecule has 1 unspecified atom stereocenters. The van der Waals surface area contributed by atoms with Crippen LogP contribution < -0.4 is 0 Å². The Morgan fingerprint density at radius 1 is 1.38 bits per heavy atom. The van der Waals surface area contributed by atoms with Crippen molar-refractivity contribution in [2.24, 2.45) is 0 Å². The van der Waals surface area contributed by atoms with Crippen LogP contribution in [0.1, 0.15) is 30.6 Å². The van der Waals surface area contributed by atoms with Crippen molar-refractivity contribution in [2.45, 2.75) is 30.8 Å². The molecule has 0 bridgehead atoms. The summed E-state index contributed by atoms with van der Waals surface area (Å²) in [5.41, 5.74) is -0.387. The second-order valence-electron chi connectivity index (χ2n) is 3.97. The lowest BCUT2D eigenvalue weighted by molar-refractivity contribution is 0.0696. The number of carboxylic acids is 1. The fourth-order valence-corrected chi connectivity index (χ4v) is 2.04. The summed E-state index contributed by atoms with van der Waals surface area (Å²) in [5, 5.41) is 18.5. The third-order valence-corrected chi connectivity index (χ3v) is 3.78. The zero-order valence-corrected chi connectivity index (χ0v) is 10.3. The summed E-state index contributed by atoms with van der Waals surface area (Å²) in [6.45, 7) is 3.74. The van der Waals surface area contributed by atoms with Crippen LogP contribution in [0.5, 0.6) is 0 Å². The Balaban J connectivity index is 2.59. The zero-order chi connectivity index (χ0) is 12.2. The standard InChI is InChI=1S/C12H16O3S/c1-3-12(2,15)8-16-10-6-4-9(5-7-10)11(13)14/h4-7,15H,3,8H2,1-2H3,(H,13,14). The number of carbonyl (C=O) groups is 1. The molecule has 0 spiro atoms. The quantitative estimate of drug-likeness (QED) is 0.777. The SMILES string of the molecule is CCC(C)(O)CSc1ccc(C(=O)O)cc1. The van der Waals surface area contributed by atoms with Crippen LogP contribution in [-0.4, -0.2) is 27.5 Å². The first-order valence-electron chi connectivity index (χ1n) is 5.13. The van der Waals surface area contributed by atoms with E-state index in [4.69, 9.17) is 5.11 Å². The summed E-state index contributed by atoms with van der Waals surface area (Å²) in [7, 11) is 0. The number of thioether (sulfide) groups is 1. The highest BCUT2D eigenvalue weighted by Gasteiger charge is 2.17. The van der Waals surface area contributed by atoms with Crippen molar-refractivity contribution >= 4 is 17.7 Å². The van der Waals surface area contributed by atoms with E-state index in [0.29, 0.717) is 12.2 Å². The summed E-state index contributed by atoms with van der Waals surface area (Å²) in [6, 6.07) is 6.68. The fraction of sp³-hybridized carbons (Fsp3) is 0.417. The molecule has 4 heteroatoms. The molecule has 0 aliphatic carbocycles. The molecule has 0 saturated carbocycles. The predicted octanol–water partition coefficient (Wildman–Crippen LogP) is 2.64. The summed E-state index contributed by atoms with van der Waals surface area (Å²) < 4.78 is 0. The maximum atomic E-state index is 10.6. The third-order valence-electron chi connectivity index (χ3n) is 2.41. The monoisotopic (exact) mass is 240 g/mol. The minimum Gasteiger partial charge on any atom is -0.478 e. The highest BCUT2D eigenvalue weighted by molar-refractivity contribution is 7.99. The Kier molecular flexibility index (Phi) is 4.38. The van der Waals surface area contributed by atoms with Gasteiger partial charge in [-0.15, -0.1) is 11.8 Å². The number of hydrogen-bond acceptors (Lipinski definition) is 3. The number of rotatable bonds is 5. The van der Waals surface area contributed by atoms with E-state index < -0.39 is 11.6 Å². The first-order chi connectivity index (χ1) is 7.44. The molecular formula is C12H16O3S.